The molecule has 1 spiro atoms. The van der Waals surface area contributed by atoms with Gasteiger partial charge in [-0.15, -0.1) is 23.5 Å². The van der Waals surface area contributed by atoms with Crippen molar-refractivity contribution in [2.45, 2.75) is 23.0 Å². The van der Waals surface area contributed by atoms with Gasteiger partial charge in [-0.25, -0.2) is 4.79 Å². The average Bonchev–Trinajstić information content (AvgIpc) is 3.36. The van der Waals surface area contributed by atoms with E-state index in [0.717, 1.165) is 24.9 Å². The molecular weight excluding hydrogens is 394 g/mol. The number of amides is 3. The molecule has 1 aromatic heterocycles. The molecule has 3 aliphatic heterocycles. The number of aryl methyl sites for hydroxylation is 1. The first kappa shape index (κ1) is 17.9. The third-order valence-electron chi connectivity index (χ3n) is 5.56. The molecule has 1 unspecified atom stereocenters. The second-order valence-electron chi connectivity index (χ2n) is 7.30. The van der Waals surface area contributed by atoms with E-state index < -0.39 is 0 Å². The van der Waals surface area contributed by atoms with Crippen molar-refractivity contribution in [3.63, 3.8) is 0 Å². The van der Waals surface area contributed by atoms with Crippen molar-refractivity contribution in [1.82, 2.24) is 14.7 Å². The topological polar surface area (TPSA) is 79.3 Å². The Morgan fingerprint density at radius 3 is 2.82 bits per heavy atom. The molecule has 0 bridgehead atoms. The number of rotatable bonds is 2. The van der Waals surface area contributed by atoms with Crippen LogP contribution in [0.4, 0.5) is 16.3 Å². The van der Waals surface area contributed by atoms with E-state index in [1.165, 1.54) is 11.5 Å². The maximum atomic E-state index is 12.9. The summed E-state index contributed by atoms with van der Waals surface area (Å²) in [4.78, 5) is 27.4. The number of fused-ring (bicyclic) bond motifs is 3. The number of aromatic nitrogens is 2. The molecule has 1 aromatic carbocycles. The van der Waals surface area contributed by atoms with Crippen molar-refractivity contribution in [2.75, 3.05) is 28.7 Å². The molecule has 5 rings (SSSR count). The van der Waals surface area contributed by atoms with Gasteiger partial charge in [0.25, 0.3) is 5.91 Å². The predicted octanol–water partition coefficient (Wildman–Crippen LogP) is 3.53. The van der Waals surface area contributed by atoms with Crippen molar-refractivity contribution < 1.29 is 9.59 Å². The van der Waals surface area contributed by atoms with Gasteiger partial charge < -0.3 is 10.2 Å². The second kappa shape index (κ2) is 6.73. The van der Waals surface area contributed by atoms with Gasteiger partial charge in [0.15, 0.2) is 5.82 Å². The van der Waals surface area contributed by atoms with Crippen molar-refractivity contribution in [2.24, 2.45) is 7.05 Å². The van der Waals surface area contributed by atoms with Gasteiger partial charge in [0.2, 0.25) is 0 Å². The molecule has 28 heavy (non-hydrogen) atoms. The largest absolute Gasteiger partial charge is 0.331 e. The highest BCUT2D eigenvalue weighted by Gasteiger charge is 2.49. The van der Waals surface area contributed by atoms with Gasteiger partial charge in [0.1, 0.15) is 0 Å². The standard InChI is InChI=1S/C19H21N5O2S2/c1-23-7-5-15(22-23)21-18(26)20-13-4-2-3-12-16(13)14-11-19(27-9-10-28-19)6-8-24(14)17(12)25/h2-5,7,14H,6,8-11H2,1H3,(H2,20,21,22,26). The summed E-state index contributed by atoms with van der Waals surface area (Å²) in [5.41, 5.74) is 2.37. The van der Waals surface area contributed by atoms with Crippen LogP contribution in [0.3, 0.4) is 0 Å². The van der Waals surface area contributed by atoms with E-state index in [4.69, 9.17) is 0 Å². The summed E-state index contributed by atoms with van der Waals surface area (Å²) < 4.78 is 1.83. The van der Waals surface area contributed by atoms with Crippen LogP contribution in [-0.2, 0) is 7.05 Å². The van der Waals surface area contributed by atoms with E-state index in [-0.39, 0.29) is 22.1 Å². The first-order chi connectivity index (χ1) is 13.5. The molecule has 1 atom stereocenters. The molecule has 3 amide bonds. The Bertz CT molecular complexity index is 954. The summed E-state index contributed by atoms with van der Waals surface area (Å²) in [5, 5.41) is 9.85. The molecule has 2 N–H and O–H groups in total. The lowest BCUT2D eigenvalue weighted by Gasteiger charge is -2.41. The zero-order chi connectivity index (χ0) is 19.3. The maximum absolute atomic E-state index is 12.9. The molecule has 146 valence electrons. The zero-order valence-electron chi connectivity index (χ0n) is 15.5. The SMILES string of the molecule is Cn1ccc(NC(=O)Nc2cccc3c2C2CC4(CCN2C3=O)SCCS4)n1. The Hall–Kier alpha value is -2.13. The van der Waals surface area contributed by atoms with E-state index in [9.17, 15) is 9.59 Å². The number of nitrogens with zero attached hydrogens (tertiary/aromatic N) is 3. The van der Waals surface area contributed by atoms with Gasteiger partial charge in [-0.3, -0.25) is 14.8 Å². The predicted molar refractivity (Wildman–Crippen MR) is 113 cm³/mol. The van der Waals surface area contributed by atoms with Crippen molar-refractivity contribution in [3.05, 3.63) is 41.6 Å². The van der Waals surface area contributed by atoms with Gasteiger partial charge in [0, 0.05) is 54.2 Å². The Labute approximate surface area is 171 Å². The van der Waals surface area contributed by atoms with Crippen LogP contribution in [0.2, 0.25) is 0 Å². The third-order valence-corrected chi connectivity index (χ3v) is 9.14. The summed E-state index contributed by atoms with van der Waals surface area (Å²) in [7, 11) is 1.80. The van der Waals surface area contributed by atoms with E-state index in [2.05, 4.69) is 15.7 Å². The molecule has 9 heteroatoms. The Morgan fingerprint density at radius 2 is 2.07 bits per heavy atom. The number of thioether (sulfide) groups is 2. The summed E-state index contributed by atoms with van der Waals surface area (Å²) in [6, 6.07) is 7.00. The number of benzene rings is 1. The van der Waals surface area contributed by atoms with Gasteiger partial charge in [-0.05, 0) is 25.0 Å². The van der Waals surface area contributed by atoms with Gasteiger partial charge in [0.05, 0.1) is 10.1 Å². The molecule has 2 fully saturated rings. The molecule has 0 radical (unpaired) electrons. The highest BCUT2D eigenvalue weighted by atomic mass is 32.2. The number of anilines is 2. The first-order valence-electron chi connectivity index (χ1n) is 9.34. The zero-order valence-corrected chi connectivity index (χ0v) is 17.1. The van der Waals surface area contributed by atoms with Gasteiger partial charge in [-0.1, -0.05) is 6.07 Å². The minimum Gasteiger partial charge on any atom is -0.331 e. The summed E-state index contributed by atoms with van der Waals surface area (Å²) in [5.74, 6) is 2.91. The number of hydrogen-bond acceptors (Lipinski definition) is 5. The van der Waals surface area contributed by atoms with Crippen LogP contribution in [-0.4, -0.2) is 48.7 Å². The minimum absolute atomic E-state index is 0.0284. The lowest BCUT2D eigenvalue weighted by molar-refractivity contribution is 0.0669. The van der Waals surface area contributed by atoms with Crippen LogP contribution in [0.15, 0.2) is 30.5 Å². The van der Waals surface area contributed by atoms with E-state index in [1.807, 2.05) is 46.6 Å². The van der Waals surface area contributed by atoms with Crippen LogP contribution >= 0.6 is 23.5 Å². The number of piperidine rings is 1. The van der Waals surface area contributed by atoms with Gasteiger partial charge >= 0.3 is 6.03 Å². The third kappa shape index (κ3) is 2.97. The van der Waals surface area contributed by atoms with E-state index in [1.54, 1.807) is 24.0 Å². The average molecular weight is 416 g/mol. The molecule has 2 saturated heterocycles. The Morgan fingerprint density at radius 1 is 1.25 bits per heavy atom. The number of carbonyl (C=O) groups is 2. The molecule has 4 heterocycles. The highest BCUT2D eigenvalue weighted by molar-refractivity contribution is 8.21. The first-order valence-corrected chi connectivity index (χ1v) is 11.3. The molecule has 7 nitrogen and oxygen atoms in total. The lowest BCUT2D eigenvalue weighted by Crippen LogP contribution is -2.41. The quantitative estimate of drug-likeness (QED) is 0.784. The number of nitrogens with one attached hydrogen (secondary N) is 2. The van der Waals surface area contributed by atoms with Crippen LogP contribution in [0.25, 0.3) is 0 Å². The number of carbonyl (C=O) groups excluding carboxylic acids is 2. The molecule has 2 aromatic rings. The van der Waals surface area contributed by atoms with Crippen molar-refractivity contribution in [3.8, 4) is 0 Å². The fraction of sp³-hybridized carbons (Fsp3) is 0.421. The summed E-state index contributed by atoms with van der Waals surface area (Å²) >= 11 is 4.06. The molecular formula is C19H21N5O2S2. The Balaban J connectivity index is 1.42. The molecule has 0 aliphatic carbocycles. The lowest BCUT2D eigenvalue weighted by atomic mass is 9.95. The van der Waals surface area contributed by atoms with E-state index in [0.29, 0.717) is 17.1 Å². The summed E-state index contributed by atoms with van der Waals surface area (Å²) in [6.45, 7) is 0.776. The van der Waals surface area contributed by atoms with Crippen LogP contribution < -0.4 is 10.6 Å². The normalized spacial score (nSPS) is 22.2. The second-order valence-corrected chi connectivity index (χ2v) is 10.5. The van der Waals surface area contributed by atoms with Crippen LogP contribution in [0.1, 0.15) is 34.8 Å². The summed E-state index contributed by atoms with van der Waals surface area (Å²) in [6.07, 6.45) is 3.73. The molecule has 0 saturated carbocycles. The van der Waals surface area contributed by atoms with Crippen LogP contribution in [0.5, 0.6) is 0 Å². The molecule has 3 aliphatic rings. The van der Waals surface area contributed by atoms with Crippen LogP contribution in [0, 0.1) is 0 Å². The highest BCUT2D eigenvalue weighted by Crippen LogP contribution is 2.57. The fourth-order valence-electron chi connectivity index (χ4n) is 4.34. The minimum atomic E-state index is -0.354. The maximum Gasteiger partial charge on any atom is 0.324 e. The fourth-order valence-corrected chi connectivity index (χ4v) is 7.61. The Kier molecular flexibility index (Phi) is 4.31. The van der Waals surface area contributed by atoms with Gasteiger partial charge in [-0.2, -0.15) is 5.10 Å². The van der Waals surface area contributed by atoms with E-state index >= 15 is 0 Å². The monoisotopic (exact) mass is 415 g/mol. The smallest absolute Gasteiger partial charge is 0.324 e. The number of hydrogen-bond donors (Lipinski definition) is 2. The van der Waals surface area contributed by atoms with Crippen molar-refractivity contribution in [1.29, 1.82) is 0 Å². The van der Waals surface area contributed by atoms with Crippen molar-refractivity contribution >= 4 is 47.0 Å². The number of urea groups is 1.